The van der Waals surface area contributed by atoms with Crippen LogP contribution in [0.15, 0.2) is 139 Å². The predicted molar refractivity (Wildman–Crippen MR) is 242 cm³/mol. The van der Waals surface area contributed by atoms with Crippen LogP contribution in [0.25, 0.3) is 88.3 Å². The number of aromatic nitrogens is 3. The van der Waals surface area contributed by atoms with Gasteiger partial charge in [0.1, 0.15) is 0 Å². The standard InChI is InChI=1S/C53H41N3S/c1-53(2)43-23-9-6-18-37(43)39-27-29-46-48(49(39)53)42-31-34(36-21-13-22-40-38-19-8-11-25-47(38)57-51(36)40)26-28-45(42)56(46)52-54-44-24-10-7-20-41(44)50(55-52)35-17-12-16-33(30-35)32-14-4-3-5-15-32/h4,6-7,10-18,20-22,24-31H,3,5,8-9,19,23H2,1-2H3. The Hall–Kier alpha value is -6.10. The van der Waals surface area contributed by atoms with Crippen molar-refractivity contribution in [1.29, 1.82) is 0 Å². The molecule has 0 unspecified atom stereocenters. The van der Waals surface area contributed by atoms with E-state index < -0.39 is 0 Å². The van der Waals surface area contributed by atoms with Gasteiger partial charge in [-0.1, -0.05) is 123 Å². The summed E-state index contributed by atoms with van der Waals surface area (Å²) < 4.78 is 3.73. The van der Waals surface area contributed by atoms with E-state index in [4.69, 9.17) is 9.97 Å². The van der Waals surface area contributed by atoms with Crippen LogP contribution in [0.4, 0.5) is 0 Å². The zero-order chi connectivity index (χ0) is 37.8. The maximum Gasteiger partial charge on any atom is 0.235 e. The molecule has 0 N–H and O–H groups in total. The van der Waals surface area contributed by atoms with Crippen molar-refractivity contribution in [3.05, 3.63) is 166 Å². The number of hydrogen-bond donors (Lipinski definition) is 0. The Kier molecular flexibility index (Phi) is 7.22. The minimum atomic E-state index is -0.110. The highest BCUT2D eigenvalue weighted by Gasteiger charge is 2.40. The Labute approximate surface area is 336 Å². The van der Waals surface area contributed by atoms with E-state index in [1.807, 2.05) is 11.3 Å². The van der Waals surface area contributed by atoms with Crippen LogP contribution in [0.2, 0.25) is 0 Å². The Morgan fingerprint density at radius 3 is 2.39 bits per heavy atom. The van der Waals surface area contributed by atoms with Gasteiger partial charge >= 0.3 is 0 Å². The van der Waals surface area contributed by atoms with Gasteiger partial charge in [0.15, 0.2) is 0 Å². The topological polar surface area (TPSA) is 30.7 Å². The lowest BCUT2D eigenvalue weighted by Gasteiger charge is -2.26. The van der Waals surface area contributed by atoms with E-state index in [2.05, 4.69) is 158 Å². The Morgan fingerprint density at radius 2 is 1.46 bits per heavy atom. The van der Waals surface area contributed by atoms with Crippen LogP contribution in [0.5, 0.6) is 0 Å². The minimum absolute atomic E-state index is 0.110. The van der Waals surface area contributed by atoms with Crippen molar-refractivity contribution in [1.82, 2.24) is 14.5 Å². The third kappa shape index (κ3) is 4.90. The van der Waals surface area contributed by atoms with E-state index in [1.165, 1.54) is 70.3 Å². The van der Waals surface area contributed by atoms with Gasteiger partial charge in [-0.15, -0.1) is 11.3 Å². The van der Waals surface area contributed by atoms with Crippen LogP contribution in [0.3, 0.4) is 0 Å². The number of benzene rings is 5. The average molecular weight is 752 g/mol. The van der Waals surface area contributed by atoms with Crippen LogP contribution in [0.1, 0.15) is 73.1 Å². The number of allylic oxidation sites excluding steroid dienone is 9. The zero-order valence-corrected chi connectivity index (χ0v) is 33.1. The number of nitrogens with zero attached hydrogens (tertiary/aromatic N) is 3. The minimum Gasteiger partial charge on any atom is -0.278 e. The summed E-state index contributed by atoms with van der Waals surface area (Å²) in [7, 11) is 0. The van der Waals surface area contributed by atoms with Crippen molar-refractivity contribution in [3.8, 4) is 28.3 Å². The molecule has 0 saturated carbocycles. The maximum absolute atomic E-state index is 5.55. The highest BCUT2D eigenvalue weighted by atomic mass is 32.1. The maximum atomic E-state index is 5.55. The predicted octanol–water partition coefficient (Wildman–Crippen LogP) is 14.4. The lowest BCUT2D eigenvalue weighted by Crippen LogP contribution is -2.18. The van der Waals surface area contributed by atoms with Crippen LogP contribution < -0.4 is 0 Å². The van der Waals surface area contributed by atoms with Gasteiger partial charge in [0.2, 0.25) is 5.95 Å². The Bertz CT molecular complexity index is 3210. The molecule has 4 aliphatic carbocycles. The van der Waals surface area contributed by atoms with E-state index in [0.29, 0.717) is 5.95 Å². The summed E-state index contributed by atoms with van der Waals surface area (Å²) in [5, 5.41) is 5.03. The van der Waals surface area contributed by atoms with Crippen molar-refractivity contribution in [2.45, 2.75) is 57.8 Å². The average Bonchev–Trinajstić information content (AvgIpc) is 3.89. The first kappa shape index (κ1) is 33.1. The van der Waals surface area contributed by atoms with Crippen LogP contribution in [-0.2, 0) is 11.8 Å². The summed E-state index contributed by atoms with van der Waals surface area (Å²) in [5.41, 5.74) is 17.5. The molecule has 8 aromatic rings. The summed E-state index contributed by atoms with van der Waals surface area (Å²) >= 11 is 1.94. The summed E-state index contributed by atoms with van der Waals surface area (Å²) in [6, 6.07) is 36.1. The van der Waals surface area contributed by atoms with E-state index in [-0.39, 0.29) is 5.41 Å². The van der Waals surface area contributed by atoms with Crippen LogP contribution >= 0.6 is 11.3 Å². The second-order valence-electron chi connectivity index (χ2n) is 16.6. The molecule has 0 radical (unpaired) electrons. The molecule has 0 atom stereocenters. The third-order valence-electron chi connectivity index (χ3n) is 13.0. The van der Waals surface area contributed by atoms with Gasteiger partial charge in [-0.25, -0.2) is 9.97 Å². The van der Waals surface area contributed by atoms with Crippen LogP contribution in [-0.4, -0.2) is 14.5 Å². The first-order chi connectivity index (χ1) is 28.0. The fourth-order valence-corrected chi connectivity index (χ4v) is 11.7. The van der Waals surface area contributed by atoms with Gasteiger partial charge in [-0.05, 0) is 125 Å². The number of rotatable bonds is 4. The summed E-state index contributed by atoms with van der Waals surface area (Å²) in [6.45, 7) is 4.89. The lowest BCUT2D eigenvalue weighted by molar-refractivity contribution is 0.612. The zero-order valence-electron chi connectivity index (χ0n) is 32.3. The van der Waals surface area contributed by atoms with Crippen molar-refractivity contribution < 1.29 is 0 Å². The summed E-state index contributed by atoms with van der Waals surface area (Å²) in [5.74, 6) is 0.701. The molecule has 0 bridgehead atoms. The van der Waals surface area contributed by atoms with Gasteiger partial charge in [0, 0.05) is 36.7 Å². The molecule has 0 aliphatic heterocycles. The second-order valence-corrected chi connectivity index (χ2v) is 17.6. The fraction of sp³-hybridized carbons (Fsp3) is 0.170. The van der Waals surface area contributed by atoms with E-state index in [9.17, 15) is 0 Å². The smallest absolute Gasteiger partial charge is 0.235 e. The molecule has 0 fully saturated rings. The summed E-state index contributed by atoms with van der Waals surface area (Å²) in [6.07, 6.45) is 22.9. The molecule has 0 amide bonds. The highest BCUT2D eigenvalue weighted by Crippen LogP contribution is 2.54. The van der Waals surface area contributed by atoms with Crippen molar-refractivity contribution in [2.24, 2.45) is 0 Å². The monoisotopic (exact) mass is 751 g/mol. The number of aryl methyl sites for hydroxylation is 1. The molecule has 274 valence electrons. The van der Waals surface area contributed by atoms with Gasteiger partial charge < -0.3 is 0 Å². The van der Waals surface area contributed by atoms with Crippen molar-refractivity contribution >= 4 is 71.4 Å². The number of hydrogen-bond acceptors (Lipinski definition) is 3. The van der Waals surface area contributed by atoms with Crippen molar-refractivity contribution in [2.75, 3.05) is 0 Å². The Balaban J connectivity index is 1.14. The lowest BCUT2D eigenvalue weighted by atomic mass is 9.77. The molecule has 5 aromatic carbocycles. The molecular formula is C53H41N3S. The molecule has 3 aromatic heterocycles. The van der Waals surface area contributed by atoms with Gasteiger partial charge in [-0.3, -0.25) is 4.57 Å². The summed E-state index contributed by atoms with van der Waals surface area (Å²) in [4.78, 5) is 12.3. The molecule has 0 spiro atoms. The number of para-hydroxylation sites is 1. The van der Waals surface area contributed by atoms with Gasteiger partial charge in [0.05, 0.1) is 22.2 Å². The van der Waals surface area contributed by atoms with E-state index >= 15 is 0 Å². The van der Waals surface area contributed by atoms with E-state index in [0.717, 1.165) is 71.7 Å². The molecule has 0 saturated heterocycles. The normalized spacial score (nSPS) is 16.8. The van der Waals surface area contributed by atoms with Gasteiger partial charge in [0.25, 0.3) is 0 Å². The third-order valence-corrected chi connectivity index (χ3v) is 14.3. The molecule has 3 heterocycles. The molecular weight excluding hydrogens is 711 g/mol. The first-order valence-electron chi connectivity index (χ1n) is 20.5. The first-order valence-corrected chi connectivity index (χ1v) is 21.3. The molecule has 4 heteroatoms. The molecule has 4 aliphatic rings. The highest BCUT2D eigenvalue weighted by molar-refractivity contribution is 7.20. The number of fused-ring (bicyclic) bond motifs is 10. The fourth-order valence-electron chi connectivity index (χ4n) is 10.4. The van der Waals surface area contributed by atoms with Crippen molar-refractivity contribution in [3.63, 3.8) is 0 Å². The largest absolute Gasteiger partial charge is 0.278 e. The molecule has 3 nitrogen and oxygen atoms in total. The molecule has 57 heavy (non-hydrogen) atoms. The molecule has 12 rings (SSSR count). The van der Waals surface area contributed by atoms with E-state index in [1.54, 1.807) is 5.57 Å². The second kappa shape index (κ2) is 12.4. The number of thiophene rings is 1. The Morgan fingerprint density at radius 1 is 0.632 bits per heavy atom. The quantitative estimate of drug-likeness (QED) is 0.179. The van der Waals surface area contributed by atoms with Gasteiger partial charge in [-0.2, -0.15) is 0 Å². The SMILES string of the molecule is CC1(C)C2=C(C=CCC2)c2ccc3c(c21)c1cc(-c2cccc4c5c(sc24)C=CCC5)ccc1n3-c1nc(-c2cccc(C3=CCCC=C3)c2)c2ccccc2n1. The van der Waals surface area contributed by atoms with Crippen LogP contribution in [0, 0.1) is 0 Å².